The summed E-state index contributed by atoms with van der Waals surface area (Å²) in [6.07, 6.45) is -0.155. The molecule has 0 aromatic heterocycles. The molecular formula is C20H21NO5. The van der Waals surface area contributed by atoms with Crippen molar-refractivity contribution in [2.45, 2.75) is 32.2 Å². The van der Waals surface area contributed by atoms with Gasteiger partial charge in [0.25, 0.3) is 0 Å². The molecular weight excluding hydrogens is 334 g/mol. The van der Waals surface area contributed by atoms with Crippen molar-refractivity contribution in [1.82, 2.24) is 0 Å². The van der Waals surface area contributed by atoms with Crippen molar-refractivity contribution >= 4 is 11.8 Å². The van der Waals surface area contributed by atoms with Crippen molar-refractivity contribution in [1.29, 1.82) is 0 Å². The molecule has 0 aliphatic carbocycles. The number of hydrogen-bond donors (Lipinski definition) is 0. The summed E-state index contributed by atoms with van der Waals surface area (Å²) in [6.45, 7) is 3.52. The van der Waals surface area contributed by atoms with Gasteiger partial charge in [0.05, 0.1) is 12.5 Å². The summed E-state index contributed by atoms with van der Waals surface area (Å²) in [7, 11) is 0. The highest BCUT2D eigenvalue weighted by Gasteiger charge is 2.42. The Morgan fingerprint density at radius 3 is 2.23 bits per heavy atom. The van der Waals surface area contributed by atoms with E-state index in [2.05, 4.69) is 0 Å². The lowest BCUT2D eigenvalue weighted by Crippen LogP contribution is -2.38. The highest BCUT2D eigenvalue weighted by atomic mass is 16.6. The second-order valence-corrected chi connectivity index (χ2v) is 5.99. The minimum atomic E-state index is -1.63. The van der Waals surface area contributed by atoms with Gasteiger partial charge in [-0.3, -0.25) is 14.9 Å². The summed E-state index contributed by atoms with van der Waals surface area (Å²) < 4.78 is 4.89. The molecule has 6 heteroatoms. The monoisotopic (exact) mass is 355 g/mol. The first kappa shape index (κ1) is 19.3. The maximum atomic E-state index is 12.6. The van der Waals surface area contributed by atoms with E-state index >= 15 is 0 Å². The Hall–Kier alpha value is -3.02. The van der Waals surface area contributed by atoms with Crippen LogP contribution in [-0.4, -0.2) is 29.3 Å². The number of hydrogen-bond acceptors (Lipinski definition) is 5. The van der Waals surface area contributed by atoms with Gasteiger partial charge < -0.3 is 4.74 Å². The van der Waals surface area contributed by atoms with Crippen molar-refractivity contribution in [3.63, 3.8) is 0 Å². The highest BCUT2D eigenvalue weighted by molar-refractivity contribution is 5.97. The molecule has 0 radical (unpaired) electrons. The van der Waals surface area contributed by atoms with Crippen molar-refractivity contribution in [3.8, 4) is 0 Å². The van der Waals surface area contributed by atoms with E-state index in [1.54, 1.807) is 61.5 Å². The van der Waals surface area contributed by atoms with Crippen LogP contribution in [0.2, 0.25) is 0 Å². The first-order valence-electron chi connectivity index (χ1n) is 8.39. The zero-order chi connectivity index (χ0) is 19.1. The molecule has 0 saturated heterocycles. The second kappa shape index (κ2) is 8.89. The lowest BCUT2D eigenvalue weighted by atomic mass is 9.85. The fourth-order valence-electron chi connectivity index (χ4n) is 2.79. The number of ketones is 1. The summed E-state index contributed by atoms with van der Waals surface area (Å²) in [6, 6.07) is 13.9. The van der Waals surface area contributed by atoms with Crippen LogP contribution in [0.25, 0.3) is 0 Å². The fourth-order valence-corrected chi connectivity index (χ4v) is 2.79. The van der Waals surface area contributed by atoms with E-state index in [1.165, 1.54) is 0 Å². The van der Waals surface area contributed by atoms with Crippen LogP contribution in [0.4, 0.5) is 0 Å². The van der Waals surface area contributed by atoms with Crippen molar-refractivity contribution in [2.75, 3.05) is 6.61 Å². The normalized spacial score (nSPS) is 12.8. The van der Waals surface area contributed by atoms with Crippen molar-refractivity contribution in [2.24, 2.45) is 0 Å². The molecule has 2 rings (SSSR count). The molecule has 0 saturated carbocycles. The van der Waals surface area contributed by atoms with Crippen LogP contribution in [0.3, 0.4) is 0 Å². The zero-order valence-corrected chi connectivity index (χ0v) is 14.8. The zero-order valence-electron chi connectivity index (χ0n) is 14.8. The van der Waals surface area contributed by atoms with Gasteiger partial charge in [0.15, 0.2) is 5.78 Å². The molecule has 0 spiro atoms. The second-order valence-electron chi connectivity index (χ2n) is 5.99. The van der Waals surface area contributed by atoms with E-state index in [9.17, 15) is 19.7 Å². The van der Waals surface area contributed by atoms with Gasteiger partial charge in [-0.15, -0.1) is 0 Å². The van der Waals surface area contributed by atoms with Gasteiger partial charge in [0.1, 0.15) is 0 Å². The average molecular weight is 355 g/mol. The Balaban J connectivity index is 2.40. The van der Waals surface area contributed by atoms with Gasteiger partial charge in [-0.1, -0.05) is 60.2 Å². The quantitative estimate of drug-likeness (QED) is 0.313. The van der Waals surface area contributed by atoms with Crippen LogP contribution in [0.15, 0.2) is 54.6 Å². The van der Waals surface area contributed by atoms with Crippen LogP contribution < -0.4 is 0 Å². The number of nitro groups is 1. The average Bonchev–Trinajstić information content (AvgIpc) is 2.62. The van der Waals surface area contributed by atoms with Gasteiger partial charge in [0, 0.05) is 16.9 Å². The maximum Gasteiger partial charge on any atom is 0.382 e. The first-order chi connectivity index (χ1) is 12.4. The predicted octanol–water partition coefficient (Wildman–Crippen LogP) is 3.56. The summed E-state index contributed by atoms with van der Waals surface area (Å²) in [5.74, 6) is -2.09. The Labute approximate surface area is 151 Å². The molecule has 0 bridgehead atoms. The molecule has 0 aliphatic heterocycles. The SMILES string of the molecule is CCOC(=O)[C@@H]([C@H](CC(=O)c1ccccc1)c1ccc(C)cc1)[N+](=O)[O-]. The van der Waals surface area contributed by atoms with Gasteiger partial charge in [-0.05, 0) is 19.4 Å². The lowest BCUT2D eigenvalue weighted by molar-refractivity contribution is -0.514. The molecule has 136 valence electrons. The van der Waals surface area contributed by atoms with Crippen molar-refractivity contribution in [3.05, 3.63) is 81.4 Å². The van der Waals surface area contributed by atoms with Crippen LogP contribution >= 0.6 is 0 Å². The van der Waals surface area contributed by atoms with E-state index in [4.69, 9.17) is 4.74 Å². The van der Waals surface area contributed by atoms with Gasteiger partial charge in [-0.2, -0.15) is 0 Å². The summed E-state index contributed by atoms with van der Waals surface area (Å²) >= 11 is 0. The summed E-state index contributed by atoms with van der Waals surface area (Å²) in [5, 5.41) is 11.6. The molecule has 2 aromatic rings. The first-order valence-corrected chi connectivity index (χ1v) is 8.39. The molecule has 0 aliphatic rings. The smallest absolute Gasteiger partial charge is 0.382 e. The molecule has 6 nitrogen and oxygen atoms in total. The number of carbonyl (C=O) groups is 2. The van der Waals surface area contributed by atoms with Gasteiger partial charge in [-0.25, -0.2) is 4.79 Å². The van der Waals surface area contributed by atoms with Crippen LogP contribution in [0.1, 0.15) is 40.7 Å². The lowest BCUT2D eigenvalue weighted by Gasteiger charge is -2.20. The Bertz CT molecular complexity index is 771. The Morgan fingerprint density at radius 2 is 1.69 bits per heavy atom. The molecule has 26 heavy (non-hydrogen) atoms. The summed E-state index contributed by atoms with van der Waals surface area (Å²) in [5.41, 5.74) is 2.00. The topological polar surface area (TPSA) is 86.5 Å². The number of nitrogens with zero attached hydrogens (tertiary/aromatic N) is 1. The van der Waals surface area contributed by atoms with Crippen molar-refractivity contribution < 1.29 is 19.2 Å². The number of esters is 1. The van der Waals surface area contributed by atoms with Crippen LogP contribution in [0.5, 0.6) is 0 Å². The predicted molar refractivity (Wildman–Crippen MR) is 96.7 cm³/mol. The van der Waals surface area contributed by atoms with Crippen LogP contribution in [-0.2, 0) is 9.53 Å². The number of rotatable bonds is 8. The Morgan fingerprint density at radius 1 is 1.08 bits per heavy atom. The standard InChI is InChI=1S/C20H21NO5/c1-3-26-20(23)19(21(24)25)17(15-11-9-14(2)10-12-15)13-18(22)16-7-5-4-6-8-16/h4-12,17,19H,3,13H2,1-2H3/t17-,19-/m1/s1. The fraction of sp³-hybridized carbons (Fsp3) is 0.300. The molecule has 2 aromatic carbocycles. The van der Waals surface area contributed by atoms with Crippen LogP contribution in [0, 0.1) is 17.0 Å². The van der Waals surface area contributed by atoms with E-state index in [1.807, 2.05) is 6.92 Å². The van der Waals surface area contributed by atoms with E-state index < -0.39 is 22.9 Å². The third-order valence-corrected chi connectivity index (χ3v) is 4.14. The number of carbonyl (C=O) groups excluding carboxylic acids is 2. The number of aryl methyl sites for hydroxylation is 1. The van der Waals surface area contributed by atoms with E-state index in [0.29, 0.717) is 11.1 Å². The minimum Gasteiger partial charge on any atom is -0.461 e. The minimum absolute atomic E-state index is 0.0381. The van der Waals surface area contributed by atoms with Gasteiger partial charge >= 0.3 is 12.0 Å². The van der Waals surface area contributed by atoms with E-state index in [-0.39, 0.29) is 18.8 Å². The molecule has 0 amide bonds. The molecule has 0 fully saturated rings. The third kappa shape index (κ3) is 4.75. The van der Waals surface area contributed by atoms with Gasteiger partial charge in [0.2, 0.25) is 0 Å². The molecule has 2 atom stereocenters. The molecule has 0 heterocycles. The number of ether oxygens (including phenoxy) is 1. The summed E-state index contributed by atoms with van der Waals surface area (Å²) in [4.78, 5) is 35.8. The van der Waals surface area contributed by atoms with E-state index in [0.717, 1.165) is 5.56 Å². The highest BCUT2D eigenvalue weighted by Crippen LogP contribution is 2.28. The number of Topliss-reactive ketones (excluding diaryl/α,β-unsaturated/α-hetero) is 1. The number of benzene rings is 2. The molecule has 0 N–H and O–H groups in total. The Kier molecular flexibility index (Phi) is 6.60. The molecule has 0 unspecified atom stereocenters. The largest absolute Gasteiger partial charge is 0.461 e. The maximum absolute atomic E-state index is 12.6. The third-order valence-electron chi connectivity index (χ3n) is 4.14.